The monoisotopic (exact) mass is 268 g/mol. The third-order valence-corrected chi connectivity index (χ3v) is 2.21. The van der Waals surface area contributed by atoms with Crippen LogP contribution in [0.1, 0.15) is 5.76 Å². The van der Waals surface area contributed by atoms with E-state index in [-0.39, 0.29) is 0 Å². The molecule has 0 fully saturated rings. The standard InChI is InChI=1S/C10H9BrN2O2/c11-7-4-9(12)10(13-5-7)15-6-8-2-1-3-14-8/h1-5H,6,12H2. The first-order valence-electron chi connectivity index (χ1n) is 4.32. The molecule has 15 heavy (non-hydrogen) atoms. The van der Waals surface area contributed by atoms with Gasteiger partial charge in [-0.3, -0.25) is 0 Å². The van der Waals surface area contributed by atoms with Crippen molar-refractivity contribution in [2.45, 2.75) is 6.61 Å². The van der Waals surface area contributed by atoms with Crippen LogP contribution in [0.3, 0.4) is 0 Å². The molecule has 5 heteroatoms. The predicted molar refractivity (Wildman–Crippen MR) is 59.4 cm³/mol. The summed E-state index contributed by atoms with van der Waals surface area (Å²) in [5, 5.41) is 0. The first-order chi connectivity index (χ1) is 7.25. The molecule has 0 amide bonds. The molecule has 2 heterocycles. The Hall–Kier alpha value is -1.49. The summed E-state index contributed by atoms with van der Waals surface area (Å²) in [4.78, 5) is 4.04. The molecule has 0 saturated carbocycles. The predicted octanol–water partition coefficient (Wildman–Crippen LogP) is 2.60. The van der Waals surface area contributed by atoms with Crippen molar-refractivity contribution in [3.8, 4) is 5.88 Å². The summed E-state index contributed by atoms with van der Waals surface area (Å²) in [6, 6.07) is 5.37. The summed E-state index contributed by atoms with van der Waals surface area (Å²) >= 11 is 3.27. The number of nitrogen functional groups attached to an aromatic ring is 1. The highest BCUT2D eigenvalue weighted by atomic mass is 79.9. The fourth-order valence-electron chi connectivity index (χ4n) is 1.10. The van der Waals surface area contributed by atoms with Crippen molar-refractivity contribution in [3.05, 3.63) is 40.9 Å². The SMILES string of the molecule is Nc1cc(Br)cnc1OCc1ccco1. The minimum absolute atomic E-state index is 0.325. The van der Waals surface area contributed by atoms with Gasteiger partial charge in [0.2, 0.25) is 5.88 Å². The number of nitrogens with two attached hydrogens (primary N) is 1. The van der Waals surface area contributed by atoms with Crippen LogP contribution in [0.4, 0.5) is 5.69 Å². The van der Waals surface area contributed by atoms with E-state index >= 15 is 0 Å². The van der Waals surface area contributed by atoms with E-state index in [1.807, 2.05) is 6.07 Å². The largest absolute Gasteiger partial charge is 0.468 e. The Morgan fingerprint density at radius 1 is 1.53 bits per heavy atom. The number of rotatable bonds is 3. The fraction of sp³-hybridized carbons (Fsp3) is 0.100. The highest BCUT2D eigenvalue weighted by Gasteiger charge is 2.04. The van der Waals surface area contributed by atoms with Crippen molar-refractivity contribution >= 4 is 21.6 Å². The lowest BCUT2D eigenvalue weighted by Gasteiger charge is -2.05. The maximum atomic E-state index is 5.71. The van der Waals surface area contributed by atoms with Gasteiger partial charge in [-0.1, -0.05) is 0 Å². The molecule has 0 spiro atoms. The average molecular weight is 269 g/mol. The molecule has 4 nitrogen and oxygen atoms in total. The van der Waals surface area contributed by atoms with Gasteiger partial charge in [-0.15, -0.1) is 0 Å². The van der Waals surface area contributed by atoms with Gasteiger partial charge >= 0.3 is 0 Å². The van der Waals surface area contributed by atoms with Gasteiger partial charge in [-0.25, -0.2) is 4.98 Å². The van der Waals surface area contributed by atoms with Gasteiger partial charge in [0.1, 0.15) is 12.4 Å². The van der Waals surface area contributed by atoms with E-state index in [2.05, 4.69) is 20.9 Å². The van der Waals surface area contributed by atoms with E-state index < -0.39 is 0 Å². The van der Waals surface area contributed by atoms with Crippen molar-refractivity contribution in [2.24, 2.45) is 0 Å². The molecular weight excluding hydrogens is 260 g/mol. The Morgan fingerprint density at radius 2 is 2.40 bits per heavy atom. The van der Waals surface area contributed by atoms with Crippen LogP contribution in [0.2, 0.25) is 0 Å². The Morgan fingerprint density at radius 3 is 3.07 bits per heavy atom. The van der Waals surface area contributed by atoms with Crippen molar-refractivity contribution < 1.29 is 9.15 Å². The lowest BCUT2D eigenvalue weighted by atomic mass is 10.4. The fourth-order valence-corrected chi connectivity index (χ4v) is 1.45. The average Bonchev–Trinajstić information content (AvgIpc) is 2.69. The van der Waals surface area contributed by atoms with Crippen LogP contribution >= 0.6 is 15.9 Å². The quantitative estimate of drug-likeness (QED) is 0.930. The smallest absolute Gasteiger partial charge is 0.237 e. The summed E-state index contributed by atoms with van der Waals surface area (Å²) in [5.74, 6) is 1.15. The third kappa shape index (κ3) is 2.50. The highest BCUT2D eigenvalue weighted by Crippen LogP contribution is 2.22. The molecule has 0 aromatic carbocycles. The molecular formula is C10H9BrN2O2. The maximum Gasteiger partial charge on any atom is 0.237 e. The molecule has 0 aliphatic rings. The first kappa shape index (κ1) is 10.0. The Kier molecular flexibility index (Phi) is 2.91. The highest BCUT2D eigenvalue weighted by molar-refractivity contribution is 9.10. The van der Waals surface area contributed by atoms with Gasteiger partial charge in [-0.05, 0) is 34.1 Å². The van der Waals surface area contributed by atoms with Crippen LogP contribution < -0.4 is 10.5 Å². The van der Waals surface area contributed by atoms with Gasteiger partial charge in [0.05, 0.1) is 12.0 Å². The molecule has 78 valence electrons. The molecule has 2 aromatic rings. The molecule has 0 aliphatic heterocycles. The summed E-state index contributed by atoms with van der Waals surface area (Å²) in [6.07, 6.45) is 3.23. The Balaban J connectivity index is 2.05. The second kappa shape index (κ2) is 4.35. The normalized spacial score (nSPS) is 10.2. The number of pyridine rings is 1. The lowest BCUT2D eigenvalue weighted by Crippen LogP contribution is -1.99. The number of halogens is 1. The van der Waals surface area contributed by atoms with Gasteiger partial charge in [0, 0.05) is 10.7 Å². The summed E-state index contributed by atoms with van der Waals surface area (Å²) < 4.78 is 11.3. The van der Waals surface area contributed by atoms with E-state index in [1.54, 1.807) is 24.6 Å². The zero-order valence-corrected chi connectivity index (χ0v) is 9.40. The topological polar surface area (TPSA) is 61.3 Å². The van der Waals surface area contributed by atoms with Crippen LogP contribution in [0.15, 0.2) is 39.5 Å². The van der Waals surface area contributed by atoms with Crippen molar-refractivity contribution in [1.82, 2.24) is 4.98 Å². The van der Waals surface area contributed by atoms with E-state index in [4.69, 9.17) is 14.9 Å². The van der Waals surface area contributed by atoms with Crippen LogP contribution in [0.25, 0.3) is 0 Å². The number of ether oxygens (including phenoxy) is 1. The maximum absolute atomic E-state index is 5.71. The lowest BCUT2D eigenvalue weighted by molar-refractivity contribution is 0.262. The minimum Gasteiger partial charge on any atom is -0.468 e. The number of furan rings is 1. The minimum atomic E-state index is 0.325. The molecule has 0 bridgehead atoms. The first-order valence-corrected chi connectivity index (χ1v) is 5.11. The Bertz CT molecular complexity index is 443. The zero-order valence-electron chi connectivity index (χ0n) is 7.81. The molecule has 2 N–H and O–H groups in total. The molecule has 0 aliphatic carbocycles. The zero-order chi connectivity index (χ0) is 10.7. The second-order valence-electron chi connectivity index (χ2n) is 2.92. The van der Waals surface area contributed by atoms with E-state index in [9.17, 15) is 0 Å². The summed E-state index contributed by atoms with van der Waals surface area (Å²) in [5.41, 5.74) is 6.21. The number of hydrogen-bond acceptors (Lipinski definition) is 4. The van der Waals surface area contributed by atoms with Crippen molar-refractivity contribution in [2.75, 3.05) is 5.73 Å². The molecule has 2 rings (SSSR count). The Labute approximate surface area is 95.2 Å². The number of hydrogen-bond donors (Lipinski definition) is 1. The van der Waals surface area contributed by atoms with Gasteiger partial charge in [0.15, 0.2) is 0 Å². The molecule has 0 saturated heterocycles. The molecule has 0 atom stereocenters. The number of nitrogens with zero attached hydrogens (tertiary/aromatic N) is 1. The van der Waals surface area contributed by atoms with Gasteiger partial charge in [-0.2, -0.15) is 0 Å². The van der Waals surface area contributed by atoms with Crippen LogP contribution in [0.5, 0.6) is 5.88 Å². The molecule has 0 radical (unpaired) electrons. The molecule has 2 aromatic heterocycles. The van der Waals surface area contributed by atoms with Crippen molar-refractivity contribution in [3.63, 3.8) is 0 Å². The van der Waals surface area contributed by atoms with Crippen LogP contribution in [-0.2, 0) is 6.61 Å². The van der Waals surface area contributed by atoms with Gasteiger partial charge < -0.3 is 14.9 Å². The second-order valence-corrected chi connectivity index (χ2v) is 3.83. The van der Waals surface area contributed by atoms with Crippen LogP contribution in [0, 0.1) is 0 Å². The summed E-state index contributed by atoms with van der Waals surface area (Å²) in [6.45, 7) is 0.325. The van der Waals surface area contributed by atoms with Crippen molar-refractivity contribution in [1.29, 1.82) is 0 Å². The van der Waals surface area contributed by atoms with E-state index in [0.29, 0.717) is 18.2 Å². The van der Waals surface area contributed by atoms with Gasteiger partial charge in [0.25, 0.3) is 0 Å². The number of aromatic nitrogens is 1. The third-order valence-electron chi connectivity index (χ3n) is 1.78. The van der Waals surface area contributed by atoms with E-state index in [0.717, 1.165) is 10.2 Å². The molecule has 0 unspecified atom stereocenters. The van der Waals surface area contributed by atoms with Crippen LogP contribution in [-0.4, -0.2) is 4.98 Å². The van der Waals surface area contributed by atoms with E-state index in [1.165, 1.54) is 0 Å². The summed E-state index contributed by atoms with van der Waals surface area (Å²) in [7, 11) is 0. The number of anilines is 1.